The number of halogens is 1. The highest BCUT2D eigenvalue weighted by molar-refractivity contribution is 7.89. The zero-order valence-corrected chi connectivity index (χ0v) is 18.7. The predicted molar refractivity (Wildman–Crippen MR) is 111 cm³/mol. The van der Waals surface area contributed by atoms with Crippen molar-refractivity contribution in [1.29, 1.82) is 0 Å². The van der Waals surface area contributed by atoms with Gasteiger partial charge in [-0.3, -0.25) is 4.79 Å². The van der Waals surface area contributed by atoms with E-state index in [9.17, 15) is 18.0 Å². The number of hydrogen-bond donors (Lipinski definition) is 0. The molecule has 0 aromatic heterocycles. The smallest absolute Gasteiger partial charge is 0.340 e. The van der Waals surface area contributed by atoms with Gasteiger partial charge in [-0.15, -0.1) is 0 Å². The van der Waals surface area contributed by atoms with Crippen LogP contribution in [0.5, 0.6) is 0 Å². The number of rotatable bonds is 5. The molecule has 8 nitrogen and oxygen atoms in total. The number of hydrogen-bond acceptors (Lipinski definition) is 6. The third-order valence-electron chi connectivity index (χ3n) is 5.31. The molecule has 2 atom stereocenters. The van der Waals surface area contributed by atoms with Crippen LogP contribution in [0, 0.1) is 11.8 Å². The number of nitrogens with zero attached hydrogens (tertiary/aromatic N) is 2. The Morgan fingerprint density at radius 3 is 2.43 bits per heavy atom. The molecule has 1 aromatic carbocycles. The number of piperidine rings is 1. The Kier molecular flexibility index (Phi) is 7.38. The molecule has 0 bridgehead atoms. The Balaban J connectivity index is 1.68. The molecule has 30 heavy (non-hydrogen) atoms. The maximum atomic E-state index is 12.8. The van der Waals surface area contributed by atoms with E-state index >= 15 is 0 Å². The van der Waals surface area contributed by atoms with Gasteiger partial charge in [-0.1, -0.05) is 25.4 Å². The molecule has 2 saturated heterocycles. The second-order valence-electron chi connectivity index (χ2n) is 7.98. The first-order chi connectivity index (χ1) is 14.2. The average Bonchev–Trinajstić information content (AvgIpc) is 2.71. The van der Waals surface area contributed by atoms with Crippen LogP contribution in [0.3, 0.4) is 0 Å². The van der Waals surface area contributed by atoms with Crippen LogP contribution in [0.1, 0.15) is 30.6 Å². The van der Waals surface area contributed by atoms with E-state index in [-0.39, 0.29) is 34.5 Å². The summed E-state index contributed by atoms with van der Waals surface area (Å²) in [7, 11) is -3.78. The van der Waals surface area contributed by atoms with Crippen LogP contribution in [-0.2, 0) is 24.3 Å². The molecule has 2 unspecified atom stereocenters. The van der Waals surface area contributed by atoms with Crippen molar-refractivity contribution in [3.63, 3.8) is 0 Å². The van der Waals surface area contributed by atoms with Gasteiger partial charge >= 0.3 is 5.97 Å². The van der Waals surface area contributed by atoms with Crippen LogP contribution in [-0.4, -0.2) is 75.5 Å². The Morgan fingerprint density at radius 1 is 1.17 bits per heavy atom. The summed E-state index contributed by atoms with van der Waals surface area (Å²) in [4.78, 5) is 26.6. The number of morpholine rings is 1. The van der Waals surface area contributed by atoms with Crippen LogP contribution in [0.15, 0.2) is 23.1 Å². The topological polar surface area (TPSA) is 93.2 Å². The minimum absolute atomic E-state index is 0.0502. The van der Waals surface area contributed by atoms with Crippen molar-refractivity contribution in [2.45, 2.75) is 25.2 Å². The number of carbonyl (C=O) groups is 2. The zero-order valence-electron chi connectivity index (χ0n) is 17.2. The zero-order chi connectivity index (χ0) is 21.9. The summed E-state index contributed by atoms with van der Waals surface area (Å²) in [5.74, 6) is -0.310. The van der Waals surface area contributed by atoms with Crippen molar-refractivity contribution >= 4 is 33.5 Å². The molecular formula is C20H27ClN2O6S. The molecule has 166 valence electrons. The standard InChI is InChI=1S/C20H27ClN2O6S/c1-14-9-15(2)12-22(11-14)19(24)13-29-20(25)17-10-16(3-4-18(17)21)30(26,27)23-5-7-28-8-6-23/h3-4,10,14-15H,5-9,11-13H2,1-2H3. The van der Waals surface area contributed by atoms with Crippen LogP contribution >= 0.6 is 11.6 Å². The minimum atomic E-state index is -3.78. The number of carbonyl (C=O) groups excluding carboxylic acids is 2. The Hall–Kier alpha value is -1.68. The molecule has 2 aliphatic rings. The fourth-order valence-electron chi connectivity index (χ4n) is 3.92. The fourth-order valence-corrected chi connectivity index (χ4v) is 5.55. The van der Waals surface area contributed by atoms with Crippen LogP contribution in [0.25, 0.3) is 0 Å². The van der Waals surface area contributed by atoms with Gasteiger partial charge in [-0.2, -0.15) is 4.31 Å². The lowest BCUT2D eigenvalue weighted by molar-refractivity contribution is -0.137. The Labute approximate surface area is 182 Å². The molecule has 0 radical (unpaired) electrons. The van der Waals surface area contributed by atoms with E-state index in [2.05, 4.69) is 13.8 Å². The van der Waals surface area contributed by atoms with E-state index in [4.69, 9.17) is 21.1 Å². The van der Waals surface area contributed by atoms with E-state index in [1.807, 2.05) is 0 Å². The van der Waals surface area contributed by atoms with E-state index in [1.165, 1.54) is 22.5 Å². The summed E-state index contributed by atoms with van der Waals surface area (Å²) in [6.07, 6.45) is 1.06. The molecule has 2 heterocycles. The number of amides is 1. The van der Waals surface area contributed by atoms with Crippen LogP contribution in [0.4, 0.5) is 0 Å². The van der Waals surface area contributed by atoms with E-state index in [1.54, 1.807) is 4.90 Å². The quantitative estimate of drug-likeness (QED) is 0.627. The second-order valence-corrected chi connectivity index (χ2v) is 10.3. The summed E-state index contributed by atoms with van der Waals surface area (Å²) in [6.45, 7) is 6.15. The molecule has 0 saturated carbocycles. The first kappa shape index (κ1) is 23.0. The molecule has 1 aromatic rings. The molecular weight excluding hydrogens is 432 g/mol. The van der Waals surface area contributed by atoms with Gasteiger partial charge in [-0.25, -0.2) is 13.2 Å². The molecule has 2 fully saturated rings. The maximum Gasteiger partial charge on any atom is 0.340 e. The van der Waals surface area contributed by atoms with Gasteiger partial charge in [0.1, 0.15) is 0 Å². The Bertz CT molecular complexity index is 891. The summed E-state index contributed by atoms with van der Waals surface area (Å²) >= 11 is 6.10. The third kappa shape index (κ3) is 5.32. The summed E-state index contributed by atoms with van der Waals surface area (Å²) in [5.41, 5.74) is -0.0841. The predicted octanol–water partition coefficient (Wildman–Crippen LogP) is 2.02. The number of esters is 1. The van der Waals surface area contributed by atoms with E-state index in [0.717, 1.165) is 6.42 Å². The van der Waals surface area contributed by atoms with Gasteiger partial charge in [0.2, 0.25) is 10.0 Å². The lowest BCUT2D eigenvalue weighted by Gasteiger charge is -2.34. The molecule has 10 heteroatoms. The molecule has 0 aliphatic carbocycles. The van der Waals surface area contributed by atoms with Gasteiger partial charge in [0, 0.05) is 26.2 Å². The highest BCUT2D eigenvalue weighted by Crippen LogP contribution is 2.25. The largest absolute Gasteiger partial charge is 0.452 e. The van der Waals surface area contributed by atoms with Crippen molar-refractivity contribution in [2.24, 2.45) is 11.8 Å². The normalized spacial score (nSPS) is 23.2. The summed E-state index contributed by atoms with van der Waals surface area (Å²) < 4.78 is 37.3. The number of sulfonamides is 1. The second kappa shape index (κ2) is 9.64. The van der Waals surface area contributed by atoms with Gasteiger partial charge < -0.3 is 14.4 Å². The number of likely N-dealkylation sites (tertiary alicyclic amines) is 1. The SMILES string of the molecule is CC1CC(C)CN(C(=O)COC(=O)c2cc(S(=O)(=O)N3CCOCC3)ccc2Cl)C1. The van der Waals surface area contributed by atoms with Crippen LogP contribution < -0.4 is 0 Å². The van der Waals surface area contributed by atoms with Gasteiger partial charge in [0.05, 0.1) is 28.7 Å². The molecule has 0 N–H and O–H groups in total. The molecule has 2 aliphatic heterocycles. The van der Waals surface area contributed by atoms with Crippen molar-refractivity contribution in [1.82, 2.24) is 9.21 Å². The highest BCUT2D eigenvalue weighted by Gasteiger charge is 2.29. The summed E-state index contributed by atoms with van der Waals surface area (Å²) in [6, 6.07) is 3.90. The van der Waals surface area contributed by atoms with Crippen molar-refractivity contribution in [3.05, 3.63) is 28.8 Å². The van der Waals surface area contributed by atoms with Gasteiger partial charge in [0.25, 0.3) is 5.91 Å². The number of ether oxygens (including phenoxy) is 2. The highest BCUT2D eigenvalue weighted by atomic mass is 35.5. The Morgan fingerprint density at radius 2 is 1.80 bits per heavy atom. The first-order valence-corrected chi connectivity index (χ1v) is 11.8. The van der Waals surface area contributed by atoms with Gasteiger partial charge in [0.15, 0.2) is 6.61 Å². The first-order valence-electron chi connectivity index (χ1n) is 10.0. The maximum absolute atomic E-state index is 12.8. The average molecular weight is 459 g/mol. The molecule has 3 rings (SSSR count). The third-order valence-corrected chi connectivity index (χ3v) is 7.54. The van der Waals surface area contributed by atoms with E-state index < -0.39 is 22.6 Å². The summed E-state index contributed by atoms with van der Waals surface area (Å²) in [5, 5.41) is 0.0635. The van der Waals surface area contributed by atoms with Gasteiger partial charge in [-0.05, 0) is 36.5 Å². The van der Waals surface area contributed by atoms with Crippen LogP contribution in [0.2, 0.25) is 5.02 Å². The number of benzene rings is 1. The lowest BCUT2D eigenvalue weighted by atomic mass is 9.92. The van der Waals surface area contributed by atoms with E-state index in [0.29, 0.717) is 38.1 Å². The lowest BCUT2D eigenvalue weighted by Crippen LogP contribution is -2.44. The van der Waals surface area contributed by atoms with Crippen molar-refractivity contribution in [2.75, 3.05) is 46.0 Å². The van der Waals surface area contributed by atoms with Crippen molar-refractivity contribution in [3.8, 4) is 0 Å². The molecule has 1 amide bonds. The monoisotopic (exact) mass is 458 g/mol. The molecule has 0 spiro atoms. The fraction of sp³-hybridized carbons (Fsp3) is 0.600. The minimum Gasteiger partial charge on any atom is -0.452 e. The van der Waals surface area contributed by atoms with Crippen molar-refractivity contribution < 1.29 is 27.5 Å².